The summed E-state index contributed by atoms with van der Waals surface area (Å²) in [6.07, 6.45) is 0.812. The molecule has 0 unspecified atom stereocenters. The Morgan fingerprint density at radius 2 is 1.54 bits per heavy atom. The molecular weight excluding hydrogens is 674 g/mol. The molecule has 4 aromatic carbocycles. The monoisotopic (exact) mass is 717 g/mol. The number of rotatable bonds is 7. The Bertz CT molecular complexity index is 2050. The average Bonchev–Trinajstić information content (AvgIpc) is 3.57. The Morgan fingerprint density at radius 1 is 0.885 bits per heavy atom. The molecule has 4 heterocycles. The summed E-state index contributed by atoms with van der Waals surface area (Å²) >= 11 is 0. The third-order valence-electron chi connectivity index (χ3n) is 11.8. The first-order valence-electron chi connectivity index (χ1n) is 18.3. The van der Waals surface area contributed by atoms with Crippen LogP contribution in [0.5, 0.6) is 0 Å². The van der Waals surface area contributed by atoms with Crippen LogP contribution in [0.2, 0.25) is 18.6 Å². The number of aryl methyl sites for hydroxylation is 1. The molecule has 52 heavy (non-hydrogen) atoms. The van der Waals surface area contributed by atoms with E-state index in [9.17, 15) is 19.5 Å². The van der Waals surface area contributed by atoms with E-state index >= 15 is 4.11 Å². The molecule has 8 nitrogen and oxygen atoms in total. The minimum atomic E-state index is -3.49. The van der Waals surface area contributed by atoms with Gasteiger partial charge in [-0.3, -0.25) is 19.3 Å². The van der Waals surface area contributed by atoms with Gasteiger partial charge in [-0.1, -0.05) is 79.7 Å². The zero-order valence-electron chi connectivity index (χ0n) is 29.8. The second-order valence-corrected chi connectivity index (χ2v) is 19.0. The molecule has 3 amide bonds. The molecule has 4 aliphatic rings. The van der Waals surface area contributed by atoms with Crippen LogP contribution in [0.3, 0.4) is 0 Å². The predicted octanol–water partition coefficient (Wildman–Crippen LogP) is 6.96. The Morgan fingerprint density at radius 3 is 2.25 bits per heavy atom. The van der Waals surface area contributed by atoms with Crippen molar-refractivity contribution in [3.05, 3.63) is 125 Å². The number of anilines is 3. The van der Waals surface area contributed by atoms with E-state index in [-0.39, 0.29) is 43.3 Å². The van der Waals surface area contributed by atoms with Crippen LogP contribution in [0.4, 0.5) is 21.2 Å². The van der Waals surface area contributed by atoms with Gasteiger partial charge in [-0.2, -0.15) is 0 Å². The number of halogens is 1. The minimum Gasteiger partial charge on any atom is -0.394 e. The van der Waals surface area contributed by atoms with Crippen molar-refractivity contribution in [2.75, 3.05) is 16.4 Å². The Balaban J connectivity index is 1.08. The highest BCUT2D eigenvalue weighted by Crippen LogP contribution is 2.60. The van der Waals surface area contributed by atoms with E-state index in [0.717, 1.165) is 40.0 Å². The molecule has 0 radical (unpaired) electrons. The fourth-order valence-corrected chi connectivity index (χ4v) is 11.8. The third kappa shape index (κ3) is 5.59. The van der Waals surface area contributed by atoms with E-state index in [1.54, 1.807) is 27.8 Å². The van der Waals surface area contributed by atoms with Gasteiger partial charge in [0.15, 0.2) is 5.60 Å². The number of nitrogens with zero attached hydrogens (tertiary/aromatic N) is 3. The maximum absolute atomic E-state index is 16.5. The second kappa shape index (κ2) is 13.1. The van der Waals surface area contributed by atoms with Gasteiger partial charge in [0.1, 0.15) is 0 Å². The number of carbonyl (C=O) groups excluding carboxylic acids is 3. The van der Waals surface area contributed by atoms with Crippen molar-refractivity contribution < 1.29 is 28.3 Å². The number of para-hydroxylation sites is 2. The summed E-state index contributed by atoms with van der Waals surface area (Å²) in [7, 11) is -3.49. The lowest BCUT2D eigenvalue weighted by atomic mass is 9.82. The van der Waals surface area contributed by atoms with Crippen molar-refractivity contribution in [3.63, 3.8) is 0 Å². The number of aliphatic hydroxyl groups excluding tert-OH is 1. The average molecular weight is 718 g/mol. The van der Waals surface area contributed by atoms with Crippen molar-refractivity contribution in [3.8, 4) is 0 Å². The van der Waals surface area contributed by atoms with Crippen LogP contribution >= 0.6 is 0 Å². The summed E-state index contributed by atoms with van der Waals surface area (Å²) in [6, 6.07) is 30.7. The topological polar surface area (TPSA) is 90.4 Å². The molecular formula is C42H44FN3O5Si. The molecule has 1 fully saturated rings. The molecule has 1 N–H and O–H groups in total. The number of carbonyl (C=O) groups is 3. The number of benzene rings is 4. The van der Waals surface area contributed by atoms with E-state index in [2.05, 4.69) is 6.07 Å². The van der Waals surface area contributed by atoms with Gasteiger partial charge in [0, 0.05) is 35.7 Å². The zero-order chi connectivity index (χ0) is 36.4. The summed E-state index contributed by atoms with van der Waals surface area (Å²) in [5, 5.41) is 10.3. The first-order chi connectivity index (χ1) is 25.0. The maximum atomic E-state index is 16.5. The summed E-state index contributed by atoms with van der Waals surface area (Å²) in [5.41, 5.74) is 5.14. The first kappa shape index (κ1) is 34.4. The smallest absolute Gasteiger partial charge is 0.264 e. The first-order valence-corrected chi connectivity index (χ1v) is 21.2. The minimum absolute atomic E-state index is 0.0447. The summed E-state index contributed by atoms with van der Waals surface area (Å²) < 4.78 is 23.3. The van der Waals surface area contributed by atoms with Crippen molar-refractivity contribution in [1.82, 2.24) is 4.90 Å². The molecule has 268 valence electrons. The summed E-state index contributed by atoms with van der Waals surface area (Å²) in [4.78, 5) is 47.2. The van der Waals surface area contributed by atoms with E-state index in [1.165, 1.54) is 0 Å². The summed E-state index contributed by atoms with van der Waals surface area (Å²) in [6.45, 7) is 5.62. The molecule has 4 aliphatic heterocycles. The lowest BCUT2D eigenvalue weighted by molar-refractivity contribution is -0.151. The largest absolute Gasteiger partial charge is 0.394 e. The highest BCUT2D eigenvalue weighted by molar-refractivity contribution is 6.72. The molecule has 0 aromatic heterocycles. The maximum Gasteiger partial charge on any atom is 0.264 e. The normalized spacial score (nSPS) is 25.4. The van der Waals surface area contributed by atoms with Gasteiger partial charge < -0.3 is 23.8 Å². The molecule has 0 saturated carbocycles. The number of hydrogen-bond acceptors (Lipinski definition) is 5. The van der Waals surface area contributed by atoms with Crippen LogP contribution in [-0.4, -0.2) is 54.9 Å². The quantitative estimate of drug-likeness (QED) is 0.165. The van der Waals surface area contributed by atoms with Gasteiger partial charge in [-0.25, -0.2) is 0 Å². The number of aliphatic hydroxyl groups is 1. The lowest BCUT2D eigenvalue weighted by Gasteiger charge is -2.37. The fourth-order valence-electron chi connectivity index (χ4n) is 9.33. The van der Waals surface area contributed by atoms with Crippen LogP contribution < -0.4 is 9.80 Å². The molecule has 10 heteroatoms. The predicted molar refractivity (Wildman–Crippen MR) is 200 cm³/mol. The molecule has 1 saturated heterocycles. The second-order valence-electron chi connectivity index (χ2n) is 15.2. The van der Waals surface area contributed by atoms with Crippen LogP contribution in [-0.2, 0) is 50.7 Å². The van der Waals surface area contributed by atoms with Crippen molar-refractivity contribution >= 4 is 43.2 Å². The van der Waals surface area contributed by atoms with Crippen LogP contribution in [0.25, 0.3) is 0 Å². The standard InChI is InChI=1S/C42H44FN3O5Si/c1-27-40(52(2,3)43)37(23-39(49)44-25-31-12-5-4-11-30(31)22-33(44)26-47)51-42(27)34-13-7-9-15-36(34)45(41(42)50)24-28-16-19-32(20-17-28)46-35-14-8-6-10-29(35)18-21-38(46)48/h4-17,19-20,27,33,37,40,47H,18,21-26H2,1-3H3/t27-,33+,37+,40-,42+/m1/s1. The fraction of sp³-hybridized carbons (Fsp3) is 0.357. The number of hydrogen-bond donors (Lipinski definition) is 1. The Kier molecular flexibility index (Phi) is 8.67. The lowest BCUT2D eigenvalue weighted by Crippen LogP contribution is -2.48. The molecule has 0 aliphatic carbocycles. The molecule has 5 atom stereocenters. The van der Waals surface area contributed by atoms with Crippen LogP contribution in [0.1, 0.15) is 47.6 Å². The summed E-state index contributed by atoms with van der Waals surface area (Å²) in [5.74, 6) is -0.956. The Hall–Kier alpha value is -4.64. The third-order valence-corrected chi connectivity index (χ3v) is 14.2. The van der Waals surface area contributed by atoms with Gasteiger partial charge in [-0.05, 0) is 72.5 Å². The Labute approximate surface area is 305 Å². The van der Waals surface area contributed by atoms with E-state index in [1.807, 2.05) is 97.9 Å². The van der Waals surface area contributed by atoms with Gasteiger partial charge >= 0.3 is 0 Å². The van der Waals surface area contributed by atoms with Crippen LogP contribution in [0.15, 0.2) is 97.1 Å². The van der Waals surface area contributed by atoms with Crippen molar-refractivity contribution in [1.29, 1.82) is 0 Å². The molecule has 0 bridgehead atoms. The molecule has 4 aromatic rings. The molecule has 1 spiro atoms. The van der Waals surface area contributed by atoms with E-state index in [4.69, 9.17) is 4.74 Å². The number of fused-ring (bicyclic) bond motifs is 4. The van der Waals surface area contributed by atoms with Gasteiger partial charge in [0.2, 0.25) is 20.2 Å². The van der Waals surface area contributed by atoms with Gasteiger partial charge in [-0.15, -0.1) is 0 Å². The van der Waals surface area contributed by atoms with Crippen molar-refractivity contribution in [2.45, 2.75) is 82.1 Å². The highest BCUT2D eigenvalue weighted by Gasteiger charge is 2.67. The zero-order valence-corrected chi connectivity index (χ0v) is 30.8. The SMILES string of the molecule is C[C@@H]1[C@@H]([Si](C)(C)F)[C@H](CC(=O)N2Cc3ccccc3C[C@H]2CO)O[C@@]12C(=O)N(Cc1ccc(N3C(=O)CCc4ccccc43)cc1)c1ccccc12. The molecule has 8 rings (SSSR count). The van der Waals surface area contributed by atoms with E-state index in [0.29, 0.717) is 30.6 Å². The van der Waals surface area contributed by atoms with Crippen LogP contribution in [0, 0.1) is 5.92 Å². The van der Waals surface area contributed by atoms with E-state index < -0.39 is 31.6 Å². The number of ether oxygens (including phenoxy) is 1. The number of amides is 3. The highest BCUT2D eigenvalue weighted by atomic mass is 28.4. The van der Waals surface area contributed by atoms with Crippen molar-refractivity contribution in [2.24, 2.45) is 5.92 Å². The van der Waals surface area contributed by atoms with Gasteiger partial charge in [0.25, 0.3) is 5.91 Å². The van der Waals surface area contributed by atoms with Gasteiger partial charge in [0.05, 0.1) is 43.1 Å².